The van der Waals surface area contributed by atoms with Gasteiger partial charge in [-0.15, -0.1) is 0 Å². The molecular formula is C16H27N3O. The number of pyridine rings is 1. The summed E-state index contributed by atoms with van der Waals surface area (Å²) < 4.78 is 5.82. The van der Waals surface area contributed by atoms with Crippen LogP contribution in [0.3, 0.4) is 0 Å². The average molecular weight is 277 g/mol. The van der Waals surface area contributed by atoms with Gasteiger partial charge < -0.3 is 10.1 Å². The predicted octanol–water partition coefficient (Wildman–Crippen LogP) is 2.36. The summed E-state index contributed by atoms with van der Waals surface area (Å²) in [6.07, 6.45) is 2.65. The average Bonchev–Trinajstić information content (AvgIpc) is 2.89. The van der Waals surface area contributed by atoms with Crippen molar-refractivity contribution in [3.05, 3.63) is 23.4 Å². The van der Waals surface area contributed by atoms with Gasteiger partial charge in [0.25, 0.3) is 0 Å². The molecule has 1 aromatic heterocycles. The molecule has 1 N–H and O–H groups in total. The van der Waals surface area contributed by atoms with Gasteiger partial charge in [0.15, 0.2) is 0 Å². The molecule has 1 aliphatic heterocycles. The Balaban J connectivity index is 1.83. The van der Waals surface area contributed by atoms with E-state index >= 15 is 0 Å². The largest absolute Gasteiger partial charge is 0.476 e. The zero-order valence-corrected chi connectivity index (χ0v) is 13.0. The van der Waals surface area contributed by atoms with Gasteiger partial charge in [-0.1, -0.05) is 13.8 Å². The summed E-state index contributed by atoms with van der Waals surface area (Å²) in [5, 5.41) is 3.43. The highest BCUT2D eigenvalue weighted by Gasteiger charge is 2.11. The van der Waals surface area contributed by atoms with Crippen LogP contribution in [0.1, 0.15) is 37.9 Å². The molecule has 0 radical (unpaired) electrons. The van der Waals surface area contributed by atoms with Crippen molar-refractivity contribution in [1.82, 2.24) is 15.2 Å². The van der Waals surface area contributed by atoms with Gasteiger partial charge in [-0.3, -0.25) is 4.90 Å². The Kier molecular flexibility index (Phi) is 5.80. The summed E-state index contributed by atoms with van der Waals surface area (Å²) in [4.78, 5) is 6.91. The van der Waals surface area contributed by atoms with Crippen molar-refractivity contribution >= 4 is 0 Å². The number of hydrogen-bond donors (Lipinski definition) is 1. The quantitative estimate of drug-likeness (QED) is 0.830. The van der Waals surface area contributed by atoms with Crippen molar-refractivity contribution in [2.45, 2.75) is 46.2 Å². The van der Waals surface area contributed by atoms with E-state index in [-0.39, 0.29) is 0 Å². The minimum absolute atomic E-state index is 0.489. The van der Waals surface area contributed by atoms with Gasteiger partial charge in [0.1, 0.15) is 6.61 Å². The van der Waals surface area contributed by atoms with Gasteiger partial charge in [0, 0.05) is 30.9 Å². The van der Waals surface area contributed by atoms with Crippen LogP contribution in [0.25, 0.3) is 0 Å². The molecule has 0 aliphatic carbocycles. The zero-order chi connectivity index (χ0) is 14.4. The maximum Gasteiger partial charge on any atom is 0.213 e. The fraction of sp³-hybridized carbons (Fsp3) is 0.688. The van der Waals surface area contributed by atoms with E-state index in [0.29, 0.717) is 6.04 Å². The number of likely N-dealkylation sites (tertiary alicyclic amines) is 1. The Morgan fingerprint density at radius 1 is 1.30 bits per heavy atom. The Morgan fingerprint density at radius 3 is 2.75 bits per heavy atom. The molecule has 0 amide bonds. The monoisotopic (exact) mass is 277 g/mol. The summed E-state index contributed by atoms with van der Waals surface area (Å²) in [6.45, 7) is 11.4. The maximum absolute atomic E-state index is 5.82. The van der Waals surface area contributed by atoms with Crippen molar-refractivity contribution in [2.75, 3.05) is 26.2 Å². The predicted molar refractivity (Wildman–Crippen MR) is 82.1 cm³/mol. The van der Waals surface area contributed by atoms with Crippen LogP contribution in [0.15, 0.2) is 12.1 Å². The Morgan fingerprint density at radius 2 is 2.05 bits per heavy atom. The Bertz CT molecular complexity index is 414. The van der Waals surface area contributed by atoms with Crippen molar-refractivity contribution < 1.29 is 4.74 Å². The van der Waals surface area contributed by atoms with Crippen molar-refractivity contribution in [2.24, 2.45) is 0 Å². The highest BCUT2D eigenvalue weighted by atomic mass is 16.5. The molecule has 4 heteroatoms. The lowest BCUT2D eigenvalue weighted by molar-refractivity contribution is 0.231. The second-order valence-electron chi connectivity index (χ2n) is 5.89. The molecule has 1 aliphatic rings. The third-order valence-corrected chi connectivity index (χ3v) is 3.56. The minimum atomic E-state index is 0.489. The summed E-state index contributed by atoms with van der Waals surface area (Å²) >= 11 is 0. The fourth-order valence-corrected chi connectivity index (χ4v) is 2.49. The Labute approximate surface area is 122 Å². The molecule has 112 valence electrons. The molecule has 1 fully saturated rings. The highest BCUT2D eigenvalue weighted by Crippen LogP contribution is 2.13. The Hall–Kier alpha value is -1.13. The first-order valence-corrected chi connectivity index (χ1v) is 7.69. The van der Waals surface area contributed by atoms with Crippen molar-refractivity contribution in [1.29, 1.82) is 0 Å². The summed E-state index contributed by atoms with van der Waals surface area (Å²) in [6, 6.07) is 4.65. The summed E-state index contributed by atoms with van der Waals surface area (Å²) in [7, 11) is 0. The molecular weight excluding hydrogens is 250 g/mol. The van der Waals surface area contributed by atoms with Crippen LogP contribution in [0.4, 0.5) is 0 Å². The number of nitrogens with one attached hydrogen (secondary N) is 1. The molecule has 2 heterocycles. The fourth-order valence-electron chi connectivity index (χ4n) is 2.49. The lowest BCUT2D eigenvalue weighted by Gasteiger charge is -2.15. The van der Waals surface area contributed by atoms with Gasteiger partial charge >= 0.3 is 0 Å². The second kappa shape index (κ2) is 7.60. The van der Waals surface area contributed by atoms with Crippen LogP contribution in [0, 0.1) is 6.92 Å². The first-order valence-electron chi connectivity index (χ1n) is 7.69. The molecule has 20 heavy (non-hydrogen) atoms. The number of ether oxygens (including phenoxy) is 1. The van der Waals surface area contributed by atoms with Crippen LogP contribution in [-0.2, 0) is 6.54 Å². The second-order valence-corrected chi connectivity index (χ2v) is 5.89. The lowest BCUT2D eigenvalue weighted by atomic mass is 10.2. The van der Waals surface area contributed by atoms with Crippen LogP contribution >= 0.6 is 0 Å². The molecule has 0 aromatic carbocycles. The molecule has 1 aromatic rings. The van der Waals surface area contributed by atoms with E-state index in [1.165, 1.54) is 31.5 Å². The smallest absolute Gasteiger partial charge is 0.213 e. The van der Waals surface area contributed by atoms with Gasteiger partial charge in [-0.05, 0) is 44.5 Å². The van der Waals surface area contributed by atoms with E-state index in [1.807, 2.05) is 13.0 Å². The third kappa shape index (κ3) is 5.10. The molecule has 2 rings (SSSR count). The molecule has 0 bridgehead atoms. The van der Waals surface area contributed by atoms with Gasteiger partial charge in [-0.2, -0.15) is 0 Å². The van der Waals surface area contributed by atoms with E-state index in [2.05, 4.69) is 35.1 Å². The maximum atomic E-state index is 5.82. The van der Waals surface area contributed by atoms with Crippen LogP contribution in [0.5, 0.6) is 5.88 Å². The molecule has 1 saturated heterocycles. The van der Waals surface area contributed by atoms with E-state index in [4.69, 9.17) is 4.74 Å². The highest BCUT2D eigenvalue weighted by molar-refractivity contribution is 5.24. The standard InChI is InChI=1S/C16H27N3O/c1-13(2)17-12-15-10-14(3)18-16(11-15)20-9-8-19-6-4-5-7-19/h10-11,13,17H,4-9,12H2,1-3H3. The number of aryl methyl sites for hydroxylation is 1. The lowest BCUT2D eigenvalue weighted by Crippen LogP contribution is -2.25. The molecule has 0 atom stereocenters. The van der Waals surface area contributed by atoms with Gasteiger partial charge in [-0.25, -0.2) is 4.98 Å². The van der Waals surface area contributed by atoms with Crippen molar-refractivity contribution in [3.8, 4) is 5.88 Å². The number of aromatic nitrogens is 1. The normalized spacial score (nSPS) is 16.0. The minimum Gasteiger partial charge on any atom is -0.476 e. The topological polar surface area (TPSA) is 37.4 Å². The first kappa shape index (κ1) is 15.3. The molecule has 0 spiro atoms. The van der Waals surface area contributed by atoms with E-state index < -0.39 is 0 Å². The van der Waals surface area contributed by atoms with Crippen LogP contribution in [-0.4, -0.2) is 42.2 Å². The number of rotatable bonds is 7. The summed E-state index contributed by atoms with van der Waals surface area (Å²) in [5.74, 6) is 0.754. The van der Waals surface area contributed by atoms with E-state index in [9.17, 15) is 0 Å². The first-order chi connectivity index (χ1) is 9.63. The van der Waals surface area contributed by atoms with E-state index in [0.717, 1.165) is 31.3 Å². The SMILES string of the molecule is Cc1cc(CNC(C)C)cc(OCCN2CCCC2)n1. The summed E-state index contributed by atoms with van der Waals surface area (Å²) in [5.41, 5.74) is 2.26. The van der Waals surface area contributed by atoms with Crippen LogP contribution in [0.2, 0.25) is 0 Å². The molecule has 4 nitrogen and oxygen atoms in total. The van der Waals surface area contributed by atoms with Gasteiger partial charge in [0.2, 0.25) is 5.88 Å². The van der Waals surface area contributed by atoms with Gasteiger partial charge in [0.05, 0.1) is 0 Å². The number of nitrogens with zero attached hydrogens (tertiary/aromatic N) is 2. The molecule has 0 saturated carbocycles. The molecule has 0 unspecified atom stereocenters. The van der Waals surface area contributed by atoms with E-state index in [1.54, 1.807) is 0 Å². The van der Waals surface area contributed by atoms with Crippen molar-refractivity contribution in [3.63, 3.8) is 0 Å². The van der Waals surface area contributed by atoms with Crippen LogP contribution < -0.4 is 10.1 Å². The third-order valence-electron chi connectivity index (χ3n) is 3.56. The number of hydrogen-bond acceptors (Lipinski definition) is 4. The zero-order valence-electron chi connectivity index (χ0n) is 13.0.